The number of aromatic nitrogens is 1. The summed E-state index contributed by atoms with van der Waals surface area (Å²) in [7, 11) is 1.92. The molecule has 0 aliphatic rings. The number of halogens is 1. The maximum absolute atomic E-state index is 5.88. The Labute approximate surface area is 116 Å². The van der Waals surface area contributed by atoms with Gasteiger partial charge in [-0.15, -0.1) is 0 Å². The van der Waals surface area contributed by atoms with Crippen LogP contribution in [-0.2, 0) is 6.54 Å². The van der Waals surface area contributed by atoms with Crippen molar-refractivity contribution < 1.29 is 4.42 Å². The van der Waals surface area contributed by atoms with Gasteiger partial charge in [0.25, 0.3) is 0 Å². The molecule has 0 aliphatic carbocycles. The standard InChI is InChI=1S/C15H13ClN2O/c1-17-9-10-2-7-13-14(8-10)19-15(18-13)11-3-5-12(16)6-4-11/h2-8,17H,9H2,1H3. The first-order chi connectivity index (χ1) is 9.26. The number of nitrogens with one attached hydrogen (secondary N) is 1. The van der Waals surface area contributed by atoms with Crippen molar-refractivity contribution in [2.24, 2.45) is 0 Å². The van der Waals surface area contributed by atoms with E-state index in [0.717, 1.165) is 23.2 Å². The van der Waals surface area contributed by atoms with Crippen molar-refractivity contribution in [3.63, 3.8) is 0 Å². The molecule has 0 atom stereocenters. The Bertz CT molecular complexity index is 704. The molecule has 0 unspecified atom stereocenters. The molecular weight excluding hydrogens is 260 g/mol. The molecule has 3 aromatic rings. The Kier molecular flexibility index (Phi) is 3.23. The average molecular weight is 273 g/mol. The van der Waals surface area contributed by atoms with Gasteiger partial charge >= 0.3 is 0 Å². The van der Waals surface area contributed by atoms with Gasteiger partial charge in [-0.25, -0.2) is 4.98 Å². The summed E-state index contributed by atoms with van der Waals surface area (Å²) in [5.41, 5.74) is 3.77. The molecule has 1 N–H and O–H groups in total. The maximum atomic E-state index is 5.88. The van der Waals surface area contributed by atoms with Gasteiger partial charge in [-0.3, -0.25) is 0 Å². The largest absolute Gasteiger partial charge is 0.436 e. The number of hydrogen-bond donors (Lipinski definition) is 1. The number of oxazole rings is 1. The van der Waals surface area contributed by atoms with Crippen LogP contribution in [0.25, 0.3) is 22.6 Å². The van der Waals surface area contributed by atoms with Gasteiger partial charge in [0.05, 0.1) is 0 Å². The highest BCUT2D eigenvalue weighted by Gasteiger charge is 2.08. The van der Waals surface area contributed by atoms with Gasteiger partial charge < -0.3 is 9.73 Å². The highest BCUT2D eigenvalue weighted by atomic mass is 35.5. The van der Waals surface area contributed by atoms with Crippen LogP contribution in [0.4, 0.5) is 0 Å². The highest BCUT2D eigenvalue weighted by molar-refractivity contribution is 6.30. The third kappa shape index (κ3) is 2.48. The molecule has 19 heavy (non-hydrogen) atoms. The topological polar surface area (TPSA) is 38.1 Å². The van der Waals surface area contributed by atoms with Crippen LogP contribution in [0.15, 0.2) is 46.9 Å². The smallest absolute Gasteiger partial charge is 0.227 e. The molecule has 0 aliphatic heterocycles. The van der Waals surface area contributed by atoms with Crippen LogP contribution in [0.3, 0.4) is 0 Å². The molecule has 96 valence electrons. The minimum Gasteiger partial charge on any atom is -0.436 e. The van der Waals surface area contributed by atoms with E-state index in [1.54, 1.807) is 0 Å². The van der Waals surface area contributed by atoms with Crippen LogP contribution < -0.4 is 5.32 Å². The van der Waals surface area contributed by atoms with Gasteiger partial charge in [0, 0.05) is 17.1 Å². The monoisotopic (exact) mass is 272 g/mol. The second-order valence-corrected chi connectivity index (χ2v) is 4.79. The van der Waals surface area contributed by atoms with Gasteiger partial charge in [0.15, 0.2) is 5.58 Å². The highest BCUT2D eigenvalue weighted by Crippen LogP contribution is 2.25. The quantitative estimate of drug-likeness (QED) is 0.787. The van der Waals surface area contributed by atoms with Gasteiger partial charge in [0.1, 0.15) is 5.52 Å². The first kappa shape index (κ1) is 12.2. The molecule has 0 spiro atoms. The second kappa shape index (κ2) is 5.03. The Morgan fingerprint density at radius 1 is 1.16 bits per heavy atom. The lowest BCUT2D eigenvalue weighted by Gasteiger charge is -1.97. The van der Waals surface area contributed by atoms with E-state index in [2.05, 4.69) is 10.3 Å². The van der Waals surface area contributed by atoms with Crippen molar-refractivity contribution in [3.05, 3.63) is 53.1 Å². The summed E-state index contributed by atoms with van der Waals surface area (Å²) >= 11 is 5.88. The molecule has 0 saturated carbocycles. The fourth-order valence-electron chi connectivity index (χ4n) is 2.00. The molecule has 3 rings (SSSR count). The summed E-state index contributed by atoms with van der Waals surface area (Å²) in [6.45, 7) is 0.812. The molecule has 2 aromatic carbocycles. The third-order valence-electron chi connectivity index (χ3n) is 2.92. The summed E-state index contributed by atoms with van der Waals surface area (Å²) in [6, 6.07) is 13.5. The van der Waals surface area contributed by atoms with Gasteiger partial charge in [-0.2, -0.15) is 0 Å². The number of benzene rings is 2. The van der Waals surface area contributed by atoms with Crippen molar-refractivity contribution in [2.45, 2.75) is 6.54 Å². The zero-order chi connectivity index (χ0) is 13.2. The van der Waals surface area contributed by atoms with E-state index < -0.39 is 0 Å². The zero-order valence-corrected chi connectivity index (χ0v) is 11.2. The Balaban J connectivity index is 2.03. The van der Waals surface area contributed by atoms with Crippen molar-refractivity contribution in [1.82, 2.24) is 10.3 Å². The molecule has 1 heterocycles. The van der Waals surface area contributed by atoms with Crippen molar-refractivity contribution >= 4 is 22.7 Å². The van der Waals surface area contributed by atoms with E-state index in [4.69, 9.17) is 16.0 Å². The van der Waals surface area contributed by atoms with Gasteiger partial charge in [-0.05, 0) is 49.0 Å². The van der Waals surface area contributed by atoms with Crippen molar-refractivity contribution in [1.29, 1.82) is 0 Å². The summed E-state index contributed by atoms with van der Waals surface area (Å²) in [5, 5.41) is 3.82. The third-order valence-corrected chi connectivity index (χ3v) is 3.18. The van der Waals surface area contributed by atoms with E-state index in [-0.39, 0.29) is 0 Å². The number of rotatable bonds is 3. The van der Waals surface area contributed by atoms with Crippen LogP contribution in [0, 0.1) is 0 Å². The number of hydrogen-bond acceptors (Lipinski definition) is 3. The Hall–Kier alpha value is -1.84. The minimum atomic E-state index is 0.619. The second-order valence-electron chi connectivity index (χ2n) is 4.36. The fraction of sp³-hybridized carbons (Fsp3) is 0.133. The predicted octanol–water partition coefficient (Wildman–Crippen LogP) is 3.87. The molecule has 0 amide bonds. The summed E-state index contributed by atoms with van der Waals surface area (Å²) < 4.78 is 5.80. The lowest BCUT2D eigenvalue weighted by molar-refractivity contribution is 0.619. The molecule has 4 heteroatoms. The Morgan fingerprint density at radius 2 is 1.95 bits per heavy atom. The molecule has 0 saturated heterocycles. The summed E-state index contributed by atoms with van der Waals surface area (Å²) in [4.78, 5) is 4.48. The van der Waals surface area contributed by atoms with Gasteiger partial charge in [0.2, 0.25) is 5.89 Å². The SMILES string of the molecule is CNCc1ccc2nc(-c3ccc(Cl)cc3)oc2c1. The zero-order valence-electron chi connectivity index (χ0n) is 10.5. The van der Waals surface area contributed by atoms with Crippen LogP contribution in [0.5, 0.6) is 0 Å². The van der Waals surface area contributed by atoms with Crippen LogP contribution in [0.2, 0.25) is 5.02 Å². The van der Waals surface area contributed by atoms with Gasteiger partial charge in [-0.1, -0.05) is 17.7 Å². The summed E-state index contributed by atoms with van der Waals surface area (Å²) in [6.07, 6.45) is 0. The van der Waals surface area contributed by atoms with E-state index in [0.29, 0.717) is 10.9 Å². The van der Waals surface area contributed by atoms with E-state index in [1.807, 2.05) is 49.5 Å². The number of fused-ring (bicyclic) bond motifs is 1. The predicted molar refractivity (Wildman–Crippen MR) is 77.2 cm³/mol. The first-order valence-corrected chi connectivity index (χ1v) is 6.44. The molecule has 3 nitrogen and oxygen atoms in total. The van der Waals surface area contributed by atoms with Crippen molar-refractivity contribution in [2.75, 3.05) is 7.05 Å². The molecular formula is C15H13ClN2O. The fourth-order valence-corrected chi connectivity index (χ4v) is 2.13. The minimum absolute atomic E-state index is 0.619. The molecule has 1 aromatic heterocycles. The lowest BCUT2D eigenvalue weighted by Crippen LogP contribution is -2.04. The van der Waals surface area contributed by atoms with Crippen LogP contribution >= 0.6 is 11.6 Å². The molecule has 0 fully saturated rings. The molecule has 0 radical (unpaired) electrons. The van der Waals surface area contributed by atoms with Crippen LogP contribution in [-0.4, -0.2) is 12.0 Å². The van der Waals surface area contributed by atoms with E-state index in [1.165, 1.54) is 5.56 Å². The Morgan fingerprint density at radius 3 is 2.68 bits per heavy atom. The van der Waals surface area contributed by atoms with Crippen molar-refractivity contribution in [3.8, 4) is 11.5 Å². The van der Waals surface area contributed by atoms with E-state index in [9.17, 15) is 0 Å². The first-order valence-electron chi connectivity index (χ1n) is 6.06. The van der Waals surface area contributed by atoms with Crippen LogP contribution in [0.1, 0.15) is 5.56 Å². The normalized spacial score (nSPS) is 11.1. The number of nitrogens with zero attached hydrogens (tertiary/aromatic N) is 1. The lowest BCUT2D eigenvalue weighted by atomic mass is 10.2. The summed E-state index contributed by atoms with van der Waals surface area (Å²) in [5.74, 6) is 0.619. The molecule has 0 bridgehead atoms. The van der Waals surface area contributed by atoms with E-state index >= 15 is 0 Å². The average Bonchev–Trinajstić information content (AvgIpc) is 2.83. The maximum Gasteiger partial charge on any atom is 0.227 e.